The first-order valence-electron chi connectivity index (χ1n) is 5.87. The number of nitrogens with zero attached hydrogens (tertiary/aromatic N) is 1. The Kier molecular flexibility index (Phi) is 1.67. The van der Waals surface area contributed by atoms with Gasteiger partial charge in [-0.15, -0.1) is 0 Å². The monoisotopic (exact) mass is 217 g/mol. The van der Waals surface area contributed by atoms with Gasteiger partial charge in [0.1, 0.15) is 0 Å². The Morgan fingerprint density at radius 2 is 1.41 bits per heavy atom. The quantitative estimate of drug-likeness (QED) is 0.639. The van der Waals surface area contributed by atoms with Crippen molar-refractivity contribution in [1.82, 2.24) is 0 Å². The third kappa shape index (κ3) is 1.17. The van der Waals surface area contributed by atoms with Gasteiger partial charge in [0, 0.05) is 6.21 Å². The molecular weight excluding hydrogens is 206 g/mol. The third-order valence-corrected chi connectivity index (χ3v) is 3.57. The summed E-state index contributed by atoms with van der Waals surface area (Å²) < 4.78 is 0. The molecule has 0 amide bonds. The highest BCUT2D eigenvalue weighted by molar-refractivity contribution is 5.88. The second-order valence-electron chi connectivity index (χ2n) is 4.52. The van der Waals surface area contributed by atoms with Crippen molar-refractivity contribution in [2.75, 3.05) is 0 Å². The zero-order valence-corrected chi connectivity index (χ0v) is 9.30. The lowest BCUT2D eigenvalue weighted by molar-refractivity contribution is 0.944. The Hall–Kier alpha value is -2.15. The molecule has 2 aliphatic rings. The molecule has 0 N–H and O–H groups in total. The topological polar surface area (TPSA) is 12.4 Å². The maximum Gasteiger partial charge on any atom is 0.0529 e. The molecule has 1 aliphatic carbocycles. The van der Waals surface area contributed by atoms with Crippen molar-refractivity contribution in [3.05, 3.63) is 76.5 Å². The summed E-state index contributed by atoms with van der Waals surface area (Å²) in [4.78, 5) is 4.58. The van der Waals surface area contributed by atoms with Crippen molar-refractivity contribution in [2.24, 2.45) is 4.99 Å². The van der Waals surface area contributed by atoms with Crippen molar-refractivity contribution < 1.29 is 0 Å². The number of benzene rings is 2. The maximum absolute atomic E-state index is 4.58. The Bertz CT molecular complexity index is 659. The van der Waals surface area contributed by atoms with Crippen molar-refractivity contribution in [3.8, 4) is 0 Å². The van der Waals surface area contributed by atoms with Crippen molar-refractivity contribution in [1.29, 1.82) is 0 Å². The minimum Gasteiger partial charge on any atom is -0.260 e. The lowest BCUT2D eigenvalue weighted by Gasteiger charge is -2.20. The van der Waals surface area contributed by atoms with E-state index in [0.717, 1.165) is 0 Å². The number of fused-ring (bicyclic) bond motifs is 5. The molecule has 80 valence electrons. The average Bonchev–Trinajstić information content (AvgIpc) is 2.77. The molecule has 2 aromatic rings. The van der Waals surface area contributed by atoms with Gasteiger partial charge in [-0.1, -0.05) is 48.5 Å². The van der Waals surface area contributed by atoms with Crippen LogP contribution in [0.4, 0.5) is 0 Å². The summed E-state index contributed by atoms with van der Waals surface area (Å²) in [6.45, 7) is 0. The SMILES string of the molecule is C1=NC2=Cc3ccccc3C2c2ccccc21. The molecule has 17 heavy (non-hydrogen) atoms. The van der Waals surface area contributed by atoms with Crippen LogP contribution in [0.25, 0.3) is 6.08 Å². The number of hydrogen-bond acceptors (Lipinski definition) is 1. The van der Waals surface area contributed by atoms with Gasteiger partial charge in [-0.25, -0.2) is 0 Å². The molecule has 0 saturated carbocycles. The summed E-state index contributed by atoms with van der Waals surface area (Å²) in [7, 11) is 0. The molecule has 0 fully saturated rings. The summed E-state index contributed by atoms with van der Waals surface area (Å²) in [5.41, 5.74) is 6.48. The van der Waals surface area contributed by atoms with Crippen LogP contribution in [0, 0.1) is 0 Å². The Morgan fingerprint density at radius 3 is 2.24 bits per heavy atom. The van der Waals surface area contributed by atoms with Crippen LogP contribution >= 0.6 is 0 Å². The van der Waals surface area contributed by atoms with E-state index in [-0.39, 0.29) is 0 Å². The summed E-state index contributed by atoms with van der Waals surface area (Å²) in [5.74, 6) is 0.340. The molecule has 0 bridgehead atoms. The standard InChI is InChI=1S/C16H11N/c1-3-7-13-11(5-1)9-15-16(13)14-8-4-2-6-12(14)10-17-15/h1-10,16H. The van der Waals surface area contributed by atoms with E-state index in [9.17, 15) is 0 Å². The van der Waals surface area contributed by atoms with Crippen LogP contribution in [0.15, 0.2) is 59.2 Å². The molecular formula is C16H11N. The van der Waals surface area contributed by atoms with E-state index in [4.69, 9.17) is 0 Å². The van der Waals surface area contributed by atoms with Crippen LogP contribution in [-0.2, 0) is 0 Å². The Labute approximate surface area is 100 Å². The minimum atomic E-state index is 0.340. The zero-order chi connectivity index (χ0) is 11.2. The first kappa shape index (κ1) is 8.94. The van der Waals surface area contributed by atoms with Gasteiger partial charge >= 0.3 is 0 Å². The van der Waals surface area contributed by atoms with Gasteiger partial charge in [-0.05, 0) is 28.3 Å². The third-order valence-electron chi connectivity index (χ3n) is 3.57. The van der Waals surface area contributed by atoms with E-state index in [1.165, 1.54) is 28.0 Å². The van der Waals surface area contributed by atoms with E-state index in [1.54, 1.807) is 0 Å². The van der Waals surface area contributed by atoms with E-state index in [0.29, 0.717) is 5.92 Å². The predicted octanol–water partition coefficient (Wildman–Crippen LogP) is 3.61. The van der Waals surface area contributed by atoms with Gasteiger partial charge in [0.15, 0.2) is 0 Å². The molecule has 4 rings (SSSR count). The number of rotatable bonds is 0. The molecule has 1 atom stereocenters. The molecule has 1 nitrogen and oxygen atoms in total. The highest BCUT2D eigenvalue weighted by atomic mass is 14.8. The number of aliphatic imine (C=N–C) groups is 1. The van der Waals surface area contributed by atoms with Gasteiger partial charge in [-0.2, -0.15) is 0 Å². The van der Waals surface area contributed by atoms with E-state index < -0.39 is 0 Å². The maximum atomic E-state index is 4.58. The lowest BCUT2D eigenvalue weighted by atomic mass is 9.87. The van der Waals surface area contributed by atoms with Gasteiger partial charge in [0.25, 0.3) is 0 Å². The number of allylic oxidation sites excluding steroid dienone is 1. The second kappa shape index (κ2) is 3.17. The summed E-state index contributed by atoms with van der Waals surface area (Å²) in [5, 5.41) is 0. The van der Waals surface area contributed by atoms with Crippen molar-refractivity contribution in [2.45, 2.75) is 5.92 Å². The zero-order valence-electron chi connectivity index (χ0n) is 9.30. The predicted molar refractivity (Wildman–Crippen MR) is 70.3 cm³/mol. The van der Waals surface area contributed by atoms with Gasteiger partial charge in [0.2, 0.25) is 0 Å². The van der Waals surface area contributed by atoms with Gasteiger partial charge < -0.3 is 0 Å². The highest BCUT2D eigenvalue weighted by Crippen LogP contribution is 2.43. The molecule has 1 heteroatoms. The fourth-order valence-electron chi connectivity index (χ4n) is 2.78. The fourth-order valence-corrected chi connectivity index (χ4v) is 2.78. The normalized spacial score (nSPS) is 19.3. The Balaban J connectivity index is 2.01. The Morgan fingerprint density at radius 1 is 0.765 bits per heavy atom. The van der Waals surface area contributed by atoms with Crippen molar-refractivity contribution >= 4 is 12.3 Å². The van der Waals surface area contributed by atoms with E-state index >= 15 is 0 Å². The molecule has 0 spiro atoms. The first-order valence-corrected chi connectivity index (χ1v) is 5.87. The molecule has 0 radical (unpaired) electrons. The molecule has 0 saturated heterocycles. The molecule has 1 aliphatic heterocycles. The van der Waals surface area contributed by atoms with Crippen LogP contribution < -0.4 is 0 Å². The molecule has 1 unspecified atom stereocenters. The summed E-state index contributed by atoms with van der Waals surface area (Å²) in [6.07, 6.45) is 4.18. The largest absolute Gasteiger partial charge is 0.260 e. The molecule has 0 aromatic heterocycles. The van der Waals surface area contributed by atoms with Gasteiger partial charge in [-0.3, -0.25) is 4.99 Å². The van der Waals surface area contributed by atoms with Crippen LogP contribution in [0.3, 0.4) is 0 Å². The first-order chi connectivity index (χ1) is 8.43. The average molecular weight is 217 g/mol. The van der Waals surface area contributed by atoms with Gasteiger partial charge in [0.05, 0.1) is 11.6 Å². The molecule has 2 aromatic carbocycles. The fraction of sp³-hybridized carbons (Fsp3) is 0.0625. The highest BCUT2D eigenvalue weighted by Gasteiger charge is 2.29. The van der Waals surface area contributed by atoms with Crippen molar-refractivity contribution in [3.63, 3.8) is 0 Å². The number of hydrogen-bond donors (Lipinski definition) is 0. The van der Waals surface area contributed by atoms with Crippen LogP contribution in [0.5, 0.6) is 0 Å². The van der Waals surface area contributed by atoms with E-state index in [1.807, 2.05) is 6.21 Å². The molecule has 1 heterocycles. The summed E-state index contributed by atoms with van der Waals surface area (Å²) >= 11 is 0. The lowest BCUT2D eigenvalue weighted by Crippen LogP contribution is -2.08. The van der Waals surface area contributed by atoms with E-state index in [2.05, 4.69) is 59.6 Å². The summed E-state index contributed by atoms with van der Waals surface area (Å²) in [6, 6.07) is 17.1. The van der Waals surface area contributed by atoms with Crippen LogP contribution in [-0.4, -0.2) is 6.21 Å². The smallest absolute Gasteiger partial charge is 0.0529 e. The van der Waals surface area contributed by atoms with Crippen LogP contribution in [0.1, 0.15) is 28.2 Å². The van der Waals surface area contributed by atoms with Crippen LogP contribution in [0.2, 0.25) is 0 Å². The minimum absolute atomic E-state index is 0.340. The second-order valence-corrected chi connectivity index (χ2v) is 4.52.